The number of hydrogen-bond acceptors (Lipinski definition) is 3. The summed E-state index contributed by atoms with van der Waals surface area (Å²) in [5, 5.41) is 2.91. The van der Waals surface area contributed by atoms with Crippen molar-refractivity contribution in [3.63, 3.8) is 0 Å². The molecule has 1 N–H and O–H groups in total. The third-order valence-electron chi connectivity index (χ3n) is 4.62. The van der Waals surface area contributed by atoms with Gasteiger partial charge >= 0.3 is 0 Å². The van der Waals surface area contributed by atoms with E-state index in [1.165, 1.54) is 0 Å². The summed E-state index contributed by atoms with van der Waals surface area (Å²) in [5.41, 5.74) is 2.00. The largest absolute Gasteiger partial charge is 0.484 e. The van der Waals surface area contributed by atoms with Gasteiger partial charge in [0.25, 0.3) is 5.91 Å². The molecule has 0 radical (unpaired) electrons. The second-order valence-corrected chi connectivity index (χ2v) is 7.78. The third kappa shape index (κ3) is 6.89. The van der Waals surface area contributed by atoms with Crippen LogP contribution in [-0.2, 0) is 16.1 Å². The predicted molar refractivity (Wildman–Crippen MR) is 119 cm³/mol. The van der Waals surface area contributed by atoms with Gasteiger partial charge < -0.3 is 15.0 Å². The molecule has 0 fully saturated rings. The van der Waals surface area contributed by atoms with E-state index in [1.54, 1.807) is 4.90 Å². The van der Waals surface area contributed by atoms with Crippen LogP contribution in [0.3, 0.4) is 0 Å². The Balaban J connectivity index is 2.16. The molecule has 0 aromatic heterocycles. The molecule has 0 aliphatic carbocycles. The lowest BCUT2D eigenvalue weighted by atomic mass is 10.1. The van der Waals surface area contributed by atoms with Gasteiger partial charge in [-0.2, -0.15) is 0 Å². The summed E-state index contributed by atoms with van der Waals surface area (Å²) in [5.74, 6) is 0.285. The van der Waals surface area contributed by atoms with Gasteiger partial charge in [0.1, 0.15) is 11.8 Å². The van der Waals surface area contributed by atoms with Gasteiger partial charge in [-0.3, -0.25) is 9.59 Å². The Morgan fingerprint density at radius 2 is 1.86 bits per heavy atom. The zero-order valence-corrected chi connectivity index (χ0v) is 18.9. The second-order valence-electron chi connectivity index (χ2n) is 6.92. The normalized spacial score (nSPS) is 11.6. The van der Waals surface area contributed by atoms with Crippen molar-refractivity contribution < 1.29 is 14.3 Å². The fraction of sp³-hybridized carbons (Fsp3) is 0.391. The van der Waals surface area contributed by atoms with E-state index >= 15 is 0 Å². The molecule has 156 valence electrons. The van der Waals surface area contributed by atoms with Crippen molar-refractivity contribution in [2.75, 3.05) is 13.2 Å². The molecule has 2 aromatic rings. The summed E-state index contributed by atoms with van der Waals surface area (Å²) >= 11 is 3.46. The first-order valence-corrected chi connectivity index (χ1v) is 10.8. The molecule has 0 aliphatic heterocycles. The van der Waals surface area contributed by atoms with E-state index in [0.717, 1.165) is 22.0 Å². The maximum absolute atomic E-state index is 13.1. The molecular formula is C23H29BrN2O3. The van der Waals surface area contributed by atoms with Crippen molar-refractivity contribution in [2.24, 2.45) is 0 Å². The van der Waals surface area contributed by atoms with Crippen LogP contribution in [0.25, 0.3) is 0 Å². The van der Waals surface area contributed by atoms with Crippen LogP contribution < -0.4 is 10.1 Å². The van der Waals surface area contributed by atoms with Crippen LogP contribution >= 0.6 is 15.9 Å². The minimum Gasteiger partial charge on any atom is -0.484 e. The number of rotatable bonds is 10. The Labute approximate surface area is 181 Å². The first-order chi connectivity index (χ1) is 14.0. The first kappa shape index (κ1) is 22.9. The smallest absolute Gasteiger partial charge is 0.261 e. The molecule has 2 rings (SSSR count). The van der Waals surface area contributed by atoms with Gasteiger partial charge in [0.2, 0.25) is 5.91 Å². The molecule has 2 aromatic carbocycles. The van der Waals surface area contributed by atoms with E-state index in [1.807, 2.05) is 69.3 Å². The van der Waals surface area contributed by atoms with E-state index in [0.29, 0.717) is 25.3 Å². The monoisotopic (exact) mass is 460 g/mol. The molecular weight excluding hydrogens is 432 g/mol. The highest BCUT2D eigenvalue weighted by molar-refractivity contribution is 9.10. The highest BCUT2D eigenvalue weighted by Crippen LogP contribution is 2.22. The summed E-state index contributed by atoms with van der Waals surface area (Å²) in [4.78, 5) is 27.4. The van der Waals surface area contributed by atoms with Crippen LogP contribution in [-0.4, -0.2) is 35.9 Å². The fourth-order valence-electron chi connectivity index (χ4n) is 3.00. The van der Waals surface area contributed by atoms with Crippen molar-refractivity contribution in [1.29, 1.82) is 0 Å². The predicted octanol–water partition coefficient (Wildman–Crippen LogP) is 4.47. The van der Waals surface area contributed by atoms with Gasteiger partial charge in [-0.05, 0) is 49.1 Å². The molecule has 0 bridgehead atoms. The van der Waals surface area contributed by atoms with E-state index in [9.17, 15) is 9.59 Å². The van der Waals surface area contributed by atoms with Crippen LogP contribution in [0.1, 0.15) is 37.8 Å². The van der Waals surface area contributed by atoms with Gasteiger partial charge in [0, 0.05) is 17.6 Å². The molecule has 0 unspecified atom stereocenters. The van der Waals surface area contributed by atoms with Crippen molar-refractivity contribution >= 4 is 27.7 Å². The zero-order chi connectivity index (χ0) is 21.2. The van der Waals surface area contributed by atoms with E-state index in [4.69, 9.17) is 4.74 Å². The fourth-order valence-corrected chi connectivity index (χ4v) is 3.25. The number of nitrogens with one attached hydrogen (secondary N) is 1. The topological polar surface area (TPSA) is 58.6 Å². The summed E-state index contributed by atoms with van der Waals surface area (Å²) in [6.45, 7) is 6.72. The minimum absolute atomic E-state index is 0.120. The lowest BCUT2D eigenvalue weighted by molar-refractivity contribution is -0.143. The van der Waals surface area contributed by atoms with E-state index < -0.39 is 6.04 Å². The Morgan fingerprint density at radius 3 is 2.48 bits per heavy atom. The number of carbonyl (C=O) groups excluding carboxylic acids is 2. The summed E-state index contributed by atoms with van der Waals surface area (Å²) in [6.07, 6.45) is 1.38. The molecule has 0 spiro atoms. The van der Waals surface area contributed by atoms with Gasteiger partial charge in [0.15, 0.2) is 6.61 Å². The first-order valence-electron chi connectivity index (χ1n) is 9.96. The van der Waals surface area contributed by atoms with Crippen LogP contribution in [0.4, 0.5) is 0 Å². The number of benzene rings is 2. The number of ether oxygens (including phenoxy) is 1. The Hall–Kier alpha value is -2.34. The van der Waals surface area contributed by atoms with E-state index in [-0.39, 0.29) is 18.4 Å². The van der Waals surface area contributed by atoms with Crippen molar-refractivity contribution in [2.45, 2.75) is 46.2 Å². The van der Waals surface area contributed by atoms with Crippen LogP contribution in [0.15, 0.2) is 53.0 Å². The molecule has 0 aliphatic rings. The number of carbonyl (C=O) groups is 2. The molecule has 0 heterocycles. The Bertz CT molecular complexity index is 811. The maximum Gasteiger partial charge on any atom is 0.261 e. The van der Waals surface area contributed by atoms with Crippen molar-refractivity contribution in [3.8, 4) is 5.75 Å². The van der Waals surface area contributed by atoms with Gasteiger partial charge in [-0.25, -0.2) is 0 Å². The number of hydrogen-bond donors (Lipinski definition) is 1. The third-order valence-corrected chi connectivity index (χ3v) is 5.51. The highest BCUT2D eigenvalue weighted by Gasteiger charge is 2.28. The summed E-state index contributed by atoms with van der Waals surface area (Å²) in [6, 6.07) is 14.7. The molecule has 5 nitrogen and oxygen atoms in total. The van der Waals surface area contributed by atoms with E-state index in [2.05, 4.69) is 21.2 Å². The SMILES string of the molecule is CCCNC(=O)[C@@H](CC)N(Cc1ccccc1)C(=O)COc1ccc(Br)c(C)c1. The quantitative estimate of drug-likeness (QED) is 0.568. The number of amides is 2. The Kier molecular flexibility index (Phi) is 9.19. The van der Waals surface area contributed by atoms with Crippen molar-refractivity contribution in [1.82, 2.24) is 10.2 Å². The summed E-state index contributed by atoms with van der Waals surface area (Å²) in [7, 11) is 0. The molecule has 6 heteroatoms. The average Bonchev–Trinajstić information content (AvgIpc) is 2.73. The molecule has 29 heavy (non-hydrogen) atoms. The molecule has 0 saturated carbocycles. The summed E-state index contributed by atoms with van der Waals surface area (Å²) < 4.78 is 6.72. The highest BCUT2D eigenvalue weighted by atomic mass is 79.9. The maximum atomic E-state index is 13.1. The lowest BCUT2D eigenvalue weighted by Gasteiger charge is -2.30. The number of halogens is 1. The molecule has 0 saturated heterocycles. The van der Waals surface area contributed by atoms with Gasteiger partial charge in [0.05, 0.1) is 0 Å². The standard InChI is InChI=1S/C23H29BrN2O3/c1-4-13-25-23(28)21(5-2)26(15-18-9-7-6-8-10-18)22(27)16-29-19-11-12-20(24)17(3)14-19/h6-12,14,21H,4-5,13,15-16H2,1-3H3,(H,25,28)/t21-/m1/s1. The van der Waals surface area contributed by atoms with Crippen LogP contribution in [0.5, 0.6) is 5.75 Å². The zero-order valence-electron chi connectivity index (χ0n) is 17.3. The number of nitrogens with zero attached hydrogens (tertiary/aromatic N) is 1. The molecule has 2 amide bonds. The average molecular weight is 461 g/mol. The van der Waals surface area contributed by atoms with Gasteiger partial charge in [-0.15, -0.1) is 0 Å². The van der Waals surface area contributed by atoms with Crippen molar-refractivity contribution in [3.05, 3.63) is 64.1 Å². The minimum atomic E-state index is -0.537. The van der Waals surface area contributed by atoms with Crippen LogP contribution in [0.2, 0.25) is 0 Å². The number of aryl methyl sites for hydroxylation is 1. The van der Waals surface area contributed by atoms with Crippen LogP contribution in [0, 0.1) is 6.92 Å². The lowest BCUT2D eigenvalue weighted by Crippen LogP contribution is -2.50. The molecule has 1 atom stereocenters. The Morgan fingerprint density at radius 1 is 1.14 bits per heavy atom. The van der Waals surface area contributed by atoms with Gasteiger partial charge in [-0.1, -0.05) is 60.1 Å². The second kappa shape index (κ2) is 11.6.